The number of hydrogen-bond acceptors (Lipinski definition) is 9. The van der Waals surface area contributed by atoms with E-state index in [9.17, 15) is 24.5 Å². The van der Waals surface area contributed by atoms with E-state index >= 15 is 0 Å². The number of amides is 3. The number of carbonyl (C=O) groups is 3. The van der Waals surface area contributed by atoms with Crippen molar-refractivity contribution >= 4 is 52.3 Å². The summed E-state index contributed by atoms with van der Waals surface area (Å²) < 4.78 is 22.3. The number of furan rings is 1. The molecule has 0 unspecified atom stereocenters. The number of urea groups is 1. The summed E-state index contributed by atoms with van der Waals surface area (Å²) in [6.07, 6.45) is 1.51. The first-order valence-corrected chi connectivity index (χ1v) is 12.6. The minimum Gasteiger partial charge on any atom is -0.490 e. The molecule has 1 N–H and O–H groups in total. The van der Waals surface area contributed by atoms with Crippen LogP contribution in [-0.2, 0) is 22.7 Å². The topological polar surface area (TPSA) is 150 Å². The van der Waals surface area contributed by atoms with Crippen LogP contribution in [0.4, 0.5) is 10.5 Å². The van der Waals surface area contributed by atoms with Gasteiger partial charge in [-0.15, -0.1) is 0 Å². The molecule has 1 aliphatic heterocycles. The summed E-state index contributed by atoms with van der Waals surface area (Å²) in [6, 6.07) is 11.8. The molecule has 0 spiro atoms. The minimum atomic E-state index is -0.670. The largest absolute Gasteiger partial charge is 0.490 e. The van der Waals surface area contributed by atoms with Crippen LogP contribution in [0.25, 0.3) is 6.08 Å². The number of nitrogens with one attached hydrogen (secondary N) is 1. The van der Waals surface area contributed by atoms with Crippen LogP contribution in [0.2, 0.25) is 0 Å². The summed E-state index contributed by atoms with van der Waals surface area (Å²) in [4.78, 5) is 48.6. The Morgan fingerprint density at radius 3 is 2.69 bits per heavy atom. The van der Waals surface area contributed by atoms with Gasteiger partial charge in [-0.05, 0) is 71.0 Å². The van der Waals surface area contributed by atoms with Gasteiger partial charge in [-0.1, -0.05) is 12.1 Å². The molecule has 2 heterocycles. The zero-order valence-electron chi connectivity index (χ0n) is 20.8. The Hall–Kier alpha value is -4.40. The molecule has 3 amide bonds. The smallest absolute Gasteiger partial charge is 0.373 e. The molecule has 13 heteroatoms. The van der Waals surface area contributed by atoms with Crippen LogP contribution in [0.1, 0.15) is 34.4 Å². The maximum atomic E-state index is 13.0. The van der Waals surface area contributed by atoms with Gasteiger partial charge in [0.05, 0.1) is 28.8 Å². The van der Waals surface area contributed by atoms with Crippen LogP contribution in [-0.4, -0.2) is 41.4 Å². The monoisotopic (exact) mass is 647 g/mol. The standard InChI is InChI=1S/C26H22IN3O9/c1-3-37-22-12-16(10-19(27)23(22)38-14-15-5-4-6-17(9-15)30(34)35)11-20-24(31)29(26(33)28-20)13-18-7-8-21(39-18)25(32)36-2/h4-12H,3,13-14H2,1-2H3,(H,28,33)/b20-11-. The number of esters is 1. The number of ether oxygens (including phenoxy) is 3. The van der Waals surface area contributed by atoms with Gasteiger partial charge >= 0.3 is 12.0 Å². The fraction of sp³-hybridized carbons (Fsp3) is 0.192. The number of carbonyl (C=O) groups excluding carboxylic acids is 3. The van der Waals surface area contributed by atoms with Gasteiger partial charge in [0.2, 0.25) is 5.76 Å². The average molecular weight is 647 g/mol. The average Bonchev–Trinajstić information content (AvgIpc) is 3.48. The lowest BCUT2D eigenvalue weighted by atomic mass is 10.1. The lowest BCUT2D eigenvalue weighted by molar-refractivity contribution is -0.384. The number of nitrogens with zero attached hydrogens (tertiary/aromatic N) is 2. The maximum Gasteiger partial charge on any atom is 0.373 e. The molecule has 3 aromatic rings. The molecule has 202 valence electrons. The van der Waals surface area contributed by atoms with E-state index in [1.807, 2.05) is 0 Å². The van der Waals surface area contributed by atoms with Crippen LogP contribution < -0.4 is 14.8 Å². The molecule has 0 bridgehead atoms. The van der Waals surface area contributed by atoms with Gasteiger partial charge in [0.1, 0.15) is 18.1 Å². The summed E-state index contributed by atoms with van der Waals surface area (Å²) in [7, 11) is 1.22. The number of imide groups is 1. The van der Waals surface area contributed by atoms with E-state index < -0.39 is 22.8 Å². The van der Waals surface area contributed by atoms with E-state index in [0.29, 0.717) is 32.8 Å². The predicted octanol–water partition coefficient (Wildman–Crippen LogP) is 4.65. The van der Waals surface area contributed by atoms with Crippen LogP contribution in [0, 0.1) is 13.7 Å². The first-order chi connectivity index (χ1) is 18.7. The van der Waals surface area contributed by atoms with E-state index in [-0.39, 0.29) is 36.1 Å². The zero-order valence-corrected chi connectivity index (χ0v) is 22.9. The quantitative estimate of drug-likeness (QED) is 0.0829. The van der Waals surface area contributed by atoms with Crippen molar-refractivity contribution in [1.82, 2.24) is 10.2 Å². The molecule has 0 saturated carbocycles. The number of nitro groups is 1. The molecule has 1 aromatic heterocycles. The minimum absolute atomic E-state index is 0.0360. The Morgan fingerprint density at radius 1 is 1.18 bits per heavy atom. The van der Waals surface area contributed by atoms with Gasteiger partial charge in [0.15, 0.2) is 11.5 Å². The molecule has 0 atom stereocenters. The summed E-state index contributed by atoms with van der Waals surface area (Å²) in [5.41, 5.74) is 1.19. The molecule has 4 rings (SSSR count). The van der Waals surface area contributed by atoms with Crippen LogP contribution in [0.15, 0.2) is 58.6 Å². The van der Waals surface area contributed by atoms with Gasteiger partial charge in [0, 0.05) is 12.1 Å². The first-order valence-electron chi connectivity index (χ1n) is 11.5. The van der Waals surface area contributed by atoms with Crippen molar-refractivity contribution in [2.24, 2.45) is 0 Å². The number of benzene rings is 2. The molecule has 0 aliphatic carbocycles. The molecule has 1 aliphatic rings. The van der Waals surface area contributed by atoms with Crippen molar-refractivity contribution in [3.8, 4) is 11.5 Å². The Labute approximate surface area is 235 Å². The second-order valence-electron chi connectivity index (χ2n) is 8.12. The second-order valence-corrected chi connectivity index (χ2v) is 9.28. The summed E-state index contributed by atoms with van der Waals surface area (Å²) in [6.45, 7) is 2.04. The Kier molecular flexibility index (Phi) is 8.49. The summed E-state index contributed by atoms with van der Waals surface area (Å²) in [5.74, 6) is -0.207. The van der Waals surface area contributed by atoms with E-state index in [0.717, 1.165) is 4.90 Å². The van der Waals surface area contributed by atoms with Crippen molar-refractivity contribution in [2.75, 3.05) is 13.7 Å². The first kappa shape index (κ1) is 27.6. The van der Waals surface area contributed by atoms with E-state index in [1.165, 1.54) is 37.5 Å². The molecule has 1 fully saturated rings. The highest BCUT2D eigenvalue weighted by atomic mass is 127. The molecule has 1 saturated heterocycles. The molecule has 2 aromatic carbocycles. The second kappa shape index (κ2) is 12.0. The van der Waals surface area contributed by atoms with Gasteiger partial charge in [-0.25, -0.2) is 9.59 Å². The summed E-state index contributed by atoms with van der Waals surface area (Å²) in [5, 5.41) is 13.6. The molecule has 0 radical (unpaired) electrons. The van der Waals surface area contributed by atoms with E-state index in [1.54, 1.807) is 31.2 Å². The Morgan fingerprint density at radius 2 is 1.97 bits per heavy atom. The number of rotatable bonds is 10. The van der Waals surface area contributed by atoms with Gasteiger partial charge < -0.3 is 23.9 Å². The fourth-order valence-electron chi connectivity index (χ4n) is 3.70. The third-order valence-corrected chi connectivity index (χ3v) is 6.27. The lowest BCUT2D eigenvalue weighted by Crippen LogP contribution is -2.30. The molecular formula is C26H22IN3O9. The van der Waals surface area contributed by atoms with E-state index in [2.05, 4.69) is 32.6 Å². The van der Waals surface area contributed by atoms with E-state index in [4.69, 9.17) is 13.9 Å². The maximum absolute atomic E-state index is 13.0. The number of non-ortho nitro benzene ring substituents is 1. The van der Waals surface area contributed by atoms with Crippen molar-refractivity contribution in [3.05, 3.63) is 90.6 Å². The number of nitro benzene ring substituents is 1. The van der Waals surface area contributed by atoms with Crippen molar-refractivity contribution in [1.29, 1.82) is 0 Å². The van der Waals surface area contributed by atoms with Crippen molar-refractivity contribution in [3.63, 3.8) is 0 Å². The highest BCUT2D eigenvalue weighted by molar-refractivity contribution is 14.1. The van der Waals surface area contributed by atoms with Crippen LogP contribution in [0.5, 0.6) is 11.5 Å². The lowest BCUT2D eigenvalue weighted by Gasteiger charge is -2.15. The molecular weight excluding hydrogens is 625 g/mol. The Bertz CT molecular complexity index is 1480. The third kappa shape index (κ3) is 6.37. The van der Waals surface area contributed by atoms with Crippen molar-refractivity contribution in [2.45, 2.75) is 20.1 Å². The SMILES string of the molecule is CCOc1cc(/C=C2\NC(=O)N(Cc3ccc(C(=O)OC)o3)C2=O)cc(I)c1OCc1cccc([N+](=O)[O-])c1. The van der Waals surface area contributed by atoms with Gasteiger partial charge in [-0.3, -0.25) is 19.8 Å². The Balaban J connectivity index is 1.53. The molecule has 12 nitrogen and oxygen atoms in total. The van der Waals surface area contributed by atoms with Gasteiger partial charge in [0.25, 0.3) is 11.6 Å². The highest BCUT2D eigenvalue weighted by Crippen LogP contribution is 2.36. The van der Waals surface area contributed by atoms with Crippen LogP contribution >= 0.6 is 22.6 Å². The van der Waals surface area contributed by atoms with Crippen molar-refractivity contribution < 1.29 is 37.9 Å². The normalized spacial score (nSPS) is 13.9. The zero-order chi connectivity index (χ0) is 28.1. The van der Waals surface area contributed by atoms with Gasteiger partial charge in [-0.2, -0.15) is 0 Å². The number of hydrogen-bond donors (Lipinski definition) is 1. The summed E-state index contributed by atoms with van der Waals surface area (Å²) >= 11 is 2.06. The number of halogens is 1. The highest BCUT2D eigenvalue weighted by Gasteiger charge is 2.34. The van der Waals surface area contributed by atoms with Crippen LogP contribution in [0.3, 0.4) is 0 Å². The molecule has 39 heavy (non-hydrogen) atoms. The third-order valence-electron chi connectivity index (χ3n) is 5.47. The fourth-order valence-corrected chi connectivity index (χ4v) is 4.48. The number of methoxy groups -OCH3 is 1. The predicted molar refractivity (Wildman–Crippen MR) is 145 cm³/mol.